The number of nitrogens with one attached hydrogen (secondary N) is 1. The fraction of sp³-hybridized carbons (Fsp3) is 0.0714. The van der Waals surface area contributed by atoms with E-state index in [1.54, 1.807) is 18.3 Å². The molecule has 0 aliphatic carbocycles. The van der Waals surface area contributed by atoms with Crippen LogP contribution in [0.1, 0.15) is 27.2 Å². The van der Waals surface area contributed by atoms with Gasteiger partial charge in [0.15, 0.2) is 0 Å². The lowest BCUT2D eigenvalue weighted by atomic mass is 10.1. The molecule has 34 heavy (non-hydrogen) atoms. The Labute approximate surface area is 205 Å². The van der Waals surface area contributed by atoms with E-state index >= 15 is 0 Å². The molecule has 0 bridgehead atoms. The second-order valence-electron chi connectivity index (χ2n) is 8.14. The summed E-state index contributed by atoms with van der Waals surface area (Å²) in [5.74, 6) is -0.538. The Hall–Kier alpha value is -3.90. The van der Waals surface area contributed by atoms with E-state index in [9.17, 15) is 9.90 Å². The number of para-hydroxylation sites is 1. The van der Waals surface area contributed by atoms with Crippen LogP contribution in [0, 0.1) is 6.92 Å². The summed E-state index contributed by atoms with van der Waals surface area (Å²) >= 11 is 3.49. The summed E-state index contributed by atoms with van der Waals surface area (Å²) in [5.41, 5.74) is 7.03. The van der Waals surface area contributed by atoms with Crippen LogP contribution in [0.3, 0.4) is 0 Å². The number of carbonyl (C=O) groups excluding carboxylic acids is 1. The van der Waals surface area contributed by atoms with Crippen molar-refractivity contribution in [2.45, 2.75) is 13.5 Å². The topological polar surface area (TPSA) is 66.6 Å². The van der Waals surface area contributed by atoms with Crippen molar-refractivity contribution < 1.29 is 9.90 Å². The minimum atomic E-state index is -0.462. The highest BCUT2D eigenvalue weighted by atomic mass is 79.9. The minimum Gasteiger partial charge on any atom is -0.507 e. The van der Waals surface area contributed by atoms with E-state index in [2.05, 4.69) is 62.2 Å². The molecule has 1 heterocycles. The van der Waals surface area contributed by atoms with Gasteiger partial charge in [-0.2, -0.15) is 5.10 Å². The molecule has 5 aromatic rings. The van der Waals surface area contributed by atoms with Gasteiger partial charge < -0.3 is 9.67 Å². The van der Waals surface area contributed by atoms with Crippen LogP contribution < -0.4 is 5.43 Å². The lowest BCUT2D eigenvalue weighted by Crippen LogP contribution is -2.17. The highest BCUT2D eigenvalue weighted by molar-refractivity contribution is 9.10. The fourth-order valence-electron chi connectivity index (χ4n) is 4.22. The van der Waals surface area contributed by atoms with Crippen molar-refractivity contribution in [2.24, 2.45) is 5.10 Å². The number of hydrogen-bond acceptors (Lipinski definition) is 3. The number of phenolic OH excluding ortho intramolecular Hbond substituents is 1. The maximum absolute atomic E-state index is 12.7. The van der Waals surface area contributed by atoms with Crippen molar-refractivity contribution in [2.75, 3.05) is 0 Å². The van der Waals surface area contributed by atoms with Gasteiger partial charge in [-0.1, -0.05) is 70.5 Å². The van der Waals surface area contributed by atoms with Crippen molar-refractivity contribution >= 4 is 49.7 Å². The summed E-state index contributed by atoms with van der Waals surface area (Å²) in [7, 11) is 0. The zero-order valence-electron chi connectivity index (χ0n) is 18.5. The molecular weight excluding hydrogens is 490 g/mol. The van der Waals surface area contributed by atoms with E-state index < -0.39 is 5.91 Å². The Morgan fingerprint density at radius 3 is 2.44 bits per heavy atom. The largest absolute Gasteiger partial charge is 0.507 e. The summed E-state index contributed by atoms with van der Waals surface area (Å²) in [5, 5.41) is 17.4. The number of nitrogens with zero attached hydrogens (tertiary/aromatic N) is 2. The molecular formula is C28H22BrN3O2. The highest BCUT2D eigenvalue weighted by Crippen LogP contribution is 2.27. The van der Waals surface area contributed by atoms with Crippen molar-refractivity contribution in [1.82, 2.24) is 9.99 Å². The zero-order valence-corrected chi connectivity index (χ0v) is 20.1. The summed E-state index contributed by atoms with van der Waals surface area (Å²) in [6.07, 6.45) is 1.67. The molecule has 0 aliphatic rings. The molecule has 0 unspecified atom stereocenters. The van der Waals surface area contributed by atoms with E-state index in [1.165, 1.54) is 5.56 Å². The highest BCUT2D eigenvalue weighted by Gasteiger charge is 2.14. The van der Waals surface area contributed by atoms with Crippen LogP contribution >= 0.6 is 15.9 Å². The molecule has 6 heteroatoms. The Bertz CT molecular complexity index is 1550. The molecule has 0 atom stereocenters. The number of phenols is 1. The SMILES string of the molecule is Cc1c(C=NNC(=O)c2cc3ccccc3cc2O)c2ccccc2n1Cc1ccc(Br)cc1. The second-order valence-corrected chi connectivity index (χ2v) is 9.06. The first-order chi connectivity index (χ1) is 16.5. The van der Waals surface area contributed by atoms with Crippen LogP contribution in [-0.2, 0) is 6.54 Å². The molecule has 0 spiro atoms. The third kappa shape index (κ3) is 4.20. The molecule has 0 fully saturated rings. The normalized spacial score (nSPS) is 11.5. The number of rotatable bonds is 5. The van der Waals surface area contributed by atoms with Crippen LogP contribution in [0.5, 0.6) is 5.75 Å². The third-order valence-electron chi connectivity index (χ3n) is 6.00. The first-order valence-electron chi connectivity index (χ1n) is 10.9. The Morgan fingerprint density at radius 2 is 1.68 bits per heavy atom. The summed E-state index contributed by atoms with van der Waals surface area (Å²) in [6.45, 7) is 2.78. The van der Waals surface area contributed by atoms with Crippen molar-refractivity contribution in [3.63, 3.8) is 0 Å². The standard InChI is InChI=1S/C28H22BrN3O2/c1-18-25(16-30-31-28(34)24-14-20-6-2-3-7-21(20)15-27(24)33)23-8-4-5-9-26(23)32(18)17-19-10-12-22(29)13-11-19/h2-16,33H,17H2,1H3,(H,31,34). The van der Waals surface area contributed by atoms with Gasteiger partial charge in [-0.05, 0) is 53.6 Å². The molecule has 1 amide bonds. The average Bonchev–Trinajstić information content (AvgIpc) is 3.11. The second kappa shape index (κ2) is 9.15. The molecule has 1 aromatic heterocycles. The van der Waals surface area contributed by atoms with Crippen LogP contribution in [-0.4, -0.2) is 21.8 Å². The third-order valence-corrected chi connectivity index (χ3v) is 6.53. The van der Waals surface area contributed by atoms with Gasteiger partial charge >= 0.3 is 0 Å². The minimum absolute atomic E-state index is 0.0753. The number of aromatic hydroxyl groups is 1. The van der Waals surface area contributed by atoms with Gasteiger partial charge in [-0.15, -0.1) is 0 Å². The van der Waals surface area contributed by atoms with Gasteiger partial charge in [0.25, 0.3) is 5.91 Å². The maximum atomic E-state index is 12.7. The van der Waals surface area contributed by atoms with Crippen molar-refractivity contribution in [3.8, 4) is 5.75 Å². The predicted molar refractivity (Wildman–Crippen MR) is 141 cm³/mol. The molecule has 2 N–H and O–H groups in total. The molecule has 4 aromatic carbocycles. The zero-order chi connectivity index (χ0) is 23.7. The van der Waals surface area contributed by atoms with Gasteiger partial charge in [0.1, 0.15) is 5.75 Å². The number of aromatic nitrogens is 1. The van der Waals surface area contributed by atoms with Crippen molar-refractivity contribution in [3.05, 3.63) is 112 Å². The predicted octanol–water partition coefficient (Wildman–Crippen LogP) is 6.38. The smallest absolute Gasteiger partial charge is 0.275 e. The molecule has 5 rings (SSSR count). The van der Waals surface area contributed by atoms with Gasteiger partial charge in [-0.3, -0.25) is 4.79 Å². The number of amides is 1. The van der Waals surface area contributed by atoms with Crippen molar-refractivity contribution in [1.29, 1.82) is 0 Å². The number of hydrogen-bond donors (Lipinski definition) is 2. The van der Waals surface area contributed by atoms with E-state index in [0.717, 1.165) is 44.0 Å². The number of hydrazone groups is 1. The van der Waals surface area contributed by atoms with Crippen LogP contribution in [0.2, 0.25) is 0 Å². The number of halogens is 1. The van der Waals surface area contributed by atoms with Gasteiger partial charge in [-0.25, -0.2) is 5.43 Å². The molecule has 0 saturated carbocycles. The van der Waals surface area contributed by atoms with E-state index in [4.69, 9.17) is 0 Å². The molecule has 0 saturated heterocycles. The summed E-state index contributed by atoms with van der Waals surface area (Å²) < 4.78 is 3.29. The average molecular weight is 512 g/mol. The number of carbonyl (C=O) groups is 1. The van der Waals surface area contributed by atoms with Crippen LogP contribution in [0.4, 0.5) is 0 Å². The number of benzene rings is 4. The molecule has 0 aliphatic heterocycles. The Kier molecular flexibility index (Phi) is 5.90. The van der Waals surface area contributed by atoms with E-state index in [-0.39, 0.29) is 11.3 Å². The maximum Gasteiger partial charge on any atom is 0.275 e. The molecule has 0 radical (unpaired) electrons. The fourth-order valence-corrected chi connectivity index (χ4v) is 4.49. The van der Waals surface area contributed by atoms with Crippen LogP contribution in [0.25, 0.3) is 21.7 Å². The van der Waals surface area contributed by atoms with Gasteiger partial charge in [0.05, 0.1) is 11.8 Å². The summed E-state index contributed by atoms with van der Waals surface area (Å²) in [6, 6.07) is 27.3. The molecule has 168 valence electrons. The van der Waals surface area contributed by atoms with Gasteiger partial charge in [0.2, 0.25) is 0 Å². The van der Waals surface area contributed by atoms with E-state index in [0.29, 0.717) is 0 Å². The Balaban J connectivity index is 1.43. The van der Waals surface area contributed by atoms with E-state index in [1.807, 2.05) is 48.5 Å². The first kappa shape index (κ1) is 21.9. The monoisotopic (exact) mass is 511 g/mol. The van der Waals surface area contributed by atoms with Crippen LogP contribution in [0.15, 0.2) is 94.5 Å². The number of fused-ring (bicyclic) bond motifs is 2. The molecule has 5 nitrogen and oxygen atoms in total. The quantitative estimate of drug-likeness (QED) is 0.212. The first-order valence-corrected chi connectivity index (χ1v) is 11.7. The summed E-state index contributed by atoms with van der Waals surface area (Å²) in [4.78, 5) is 12.7. The Morgan fingerprint density at radius 1 is 1.00 bits per heavy atom. The lowest BCUT2D eigenvalue weighted by molar-refractivity contribution is 0.0952. The lowest BCUT2D eigenvalue weighted by Gasteiger charge is -2.09. The van der Waals surface area contributed by atoms with Gasteiger partial charge in [0, 0.05) is 33.2 Å².